The van der Waals surface area contributed by atoms with E-state index in [0.717, 1.165) is 48.3 Å². The lowest BCUT2D eigenvalue weighted by atomic mass is 9.85. The molecule has 1 saturated carbocycles. The minimum absolute atomic E-state index is 0.0273. The normalized spacial score (nSPS) is 20.1. The molecule has 138 valence electrons. The highest BCUT2D eigenvalue weighted by Gasteiger charge is 2.27. The van der Waals surface area contributed by atoms with Gasteiger partial charge in [-0.2, -0.15) is 0 Å². The van der Waals surface area contributed by atoms with E-state index >= 15 is 0 Å². The second-order valence-corrected chi connectivity index (χ2v) is 7.59. The smallest absolute Gasteiger partial charge is 0.321 e. The number of urea groups is 1. The number of carbonyl (C=O) groups excluding carboxylic acids is 1. The van der Waals surface area contributed by atoms with E-state index in [1.165, 1.54) is 19.3 Å². The number of aromatic nitrogens is 1. The largest absolute Gasteiger partial charge is 0.376 e. The maximum Gasteiger partial charge on any atom is 0.321 e. The van der Waals surface area contributed by atoms with E-state index in [2.05, 4.69) is 10.3 Å². The standard InChI is InChI=1S/C21H27N3O2/c1-15-10-11-18-19(22-15)8-3-9-20(18)23-21(25)24(13-16-5-2-6-16)14-17-7-4-12-26-17/h3,8-11,16-17H,2,4-7,12-14H2,1H3,(H,23,25)/t17-/m0/s1. The van der Waals surface area contributed by atoms with Gasteiger partial charge in [0.25, 0.3) is 0 Å². The lowest BCUT2D eigenvalue weighted by Crippen LogP contribution is -2.44. The van der Waals surface area contributed by atoms with Gasteiger partial charge in [-0.05, 0) is 62.8 Å². The van der Waals surface area contributed by atoms with Crippen LogP contribution >= 0.6 is 0 Å². The first-order valence-corrected chi connectivity index (χ1v) is 9.73. The van der Waals surface area contributed by atoms with Crippen molar-refractivity contribution < 1.29 is 9.53 Å². The van der Waals surface area contributed by atoms with Gasteiger partial charge in [0.05, 0.1) is 17.3 Å². The Morgan fingerprint density at radius 3 is 2.81 bits per heavy atom. The molecule has 2 heterocycles. The molecule has 0 spiro atoms. The van der Waals surface area contributed by atoms with Crippen LogP contribution in [0.15, 0.2) is 30.3 Å². The summed E-state index contributed by atoms with van der Waals surface area (Å²) in [4.78, 5) is 19.5. The minimum atomic E-state index is -0.0273. The van der Waals surface area contributed by atoms with Crippen LogP contribution in [0.2, 0.25) is 0 Å². The van der Waals surface area contributed by atoms with Gasteiger partial charge in [-0.15, -0.1) is 0 Å². The van der Waals surface area contributed by atoms with E-state index in [1.807, 2.05) is 42.2 Å². The molecule has 5 nitrogen and oxygen atoms in total. The number of benzene rings is 1. The molecule has 1 saturated heterocycles. The van der Waals surface area contributed by atoms with Crippen LogP contribution < -0.4 is 5.32 Å². The molecule has 2 aromatic rings. The highest BCUT2D eigenvalue weighted by molar-refractivity contribution is 6.00. The van der Waals surface area contributed by atoms with Crippen LogP contribution in [0.1, 0.15) is 37.8 Å². The van der Waals surface area contributed by atoms with Gasteiger partial charge in [0.15, 0.2) is 0 Å². The number of ether oxygens (including phenoxy) is 1. The molecule has 0 unspecified atom stereocenters. The average molecular weight is 353 g/mol. The van der Waals surface area contributed by atoms with E-state index in [1.54, 1.807) is 0 Å². The Hall–Kier alpha value is -2.14. The second-order valence-electron chi connectivity index (χ2n) is 7.59. The zero-order chi connectivity index (χ0) is 17.9. The highest BCUT2D eigenvalue weighted by atomic mass is 16.5. The van der Waals surface area contributed by atoms with Crippen molar-refractivity contribution in [1.29, 1.82) is 0 Å². The van der Waals surface area contributed by atoms with Crippen LogP contribution in [-0.2, 0) is 4.74 Å². The fourth-order valence-corrected chi connectivity index (χ4v) is 3.82. The molecule has 2 aliphatic rings. The predicted octanol–water partition coefficient (Wildman–Crippen LogP) is 4.36. The fourth-order valence-electron chi connectivity index (χ4n) is 3.82. The minimum Gasteiger partial charge on any atom is -0.376 e. The summed E-state index contributed by atoms with van der Waals surface area (Å²) >= 11 is 0. The molecule has 1 aromatic carbocycles. The maximum absolute atomic E-state index is 13.0. The molecule has 1 atom stereocenters. The molecule has 26 heavy (non-hydrogen) atoms. The van der Waals surface area contributed by atoms with Crippen molar-refractivity contribution in [2.24, 2.45) is 5.92 Å². The number of amides is 2. The van der Waals surface area contributed by atoms with Crippen LogP contribution in [0.5, 0.6) is 0 Å². The Morgan fingerprint density at radius 1 is 1.19 bits per heavy atom. The molecule has 5 heteroatoms. The first-order valence-electron chi connectivity index (χ1n) is 9.73. The fraction of sp³-hybridized carbons (Fsp3) is 0.524. The molecular formula is C21H27N3O2. The summed E-state index contributed by atoms with van der Waals surface area (Å²) in [5.41, 5.74) is 2.71. The third-order valence-corrected chi connectivity index (χ3v) is 5.55. The van der Waals surface area contributed by atoms with Crippen LogP contribution in [-0.4, -0.2) is 41.7 Å². The number of carbonyl (C=O) groups is 1. The third-order valence-electron chi connectivity index (χ3n) is 5.55. The van der Waals surface area contributed by atoms with Crippen LogP contribution in [0, 0.1) is 12.8 Å². The lowest BCUT2D eigenvalue weighted by molar-refractivity contribution is 0.0748. The first-order chi connectivity index (χ1) is 12.7. The summed E-state index contributed by atoms with van der Waals surface area (Å²) in [5, 5.41) is 4.10. The lowest BCUT2D eigenvalue weighted by Gasteiger charge is -2.33. The van der Waals surface area contributed by atoms with E-state index in [0.29, 0.717) is 12.5 Å². The Kier molecular flexibility index (Phi) is 5.07. The number of anilines is 1. The van der Waals surface area contributed by atoms with E-state index in [-0.39, 0.29) is 12.1 Å². The van der Waals surface area contributed by atoms with E-state index in [9.17, 15) is 4.79 Å². The van der Waals surface area contributed by atoms with Crippen molar-refractivity contribution in [2.45, 2.75) is 45.1 Å². The summed E-state index contributed by atoms with van der Waals surface area (Å²) < 4.78 is 5.77. The van der Waals surface area contributed by atoms with Gasteiger partial charge in [0.2, 0.25) is 0 Å². The van der Waals surface area contributed by atoms with E-state index < -0.39 is 0 Å². The Bertz CT molecular complexity index is 782. The number of aryl methyl sites for hydroxylation is 1. The van der Waals surface area contributed by atoms with Gasteiger partial charge in [0.1, 0.15) is 0 Å². The summed E-state index contributed by atoms with van der Waals surface area (Å²) in [5.74, 6) is 0.638. The molecular weight excluding hydrogens is 326 g/mol. The number of nitrogens with one attached hydrogen (secondary N) is 1. The number of rotatable bonds is 5. The third kappa shape index (κ3) is 3.83. The molecule has 1 N–H and O–H groups in total. The van der Waals surface area contributed by atoms with Gasteiger partial charge in [-0.3, -0.25) is 4.98 Å². The zero-order valence-electron chi connectivity index (χ0n) is 15.4. The van der Waals surface area contributed by atoms with Gasteiger partial charge in [-0.1, -0.05) is 12.5 Å². The Morgan fingerprint density at radius 2 is 2.08 bits per heavy atom. The monoisotopic (exact) mass is 353 g/mol. The average Bonchev–Trinajstić information content (AvgIpc) is 3.10. The highest BCUT2D eigenvalue weighted by Crippen LogP contribution is 2.28. The van der Waals surface area contributed by atoms with Crippen molar-refractivity contribution in [3.63, 3.8) is 0 Å². The zero-order valence-corrected chi connectivity index (χ0v) is 15.4. The molecule has 1 aromatic heterocycles. The summed E-state index contributed by atoms with van der Waals surface area (Å²) in [6.07, 6.45) is 6.07. The van der Waals surface area contributed by atoms with Crippen molar-refractivity contribution in [2.75, 3.05) is 25.0 Å². The molecule has 1 aliphatic carbocycles. The SMILES string of the molecule is Cc1ccc2c(NC(=O)N(CC3CCC3)C[C@@H]3CCCO3)cccc2n1. The topological polar surface area (TPSA) is 54.5 Å². The predicted molar refractivity (Wildman–Crippen MR) is 103 cm³/mol. The second kappa shape index (κ2) is 7.62. The first kappa shape index (κ1) is 17.3. The molecule has 2 amide bonds. The molecule has 4 rings (SSSR count). The summed E-state index contributed by atoms with van der Waals surface area (Å²) in [7, 11) is 0. The van der Waals surface area contributed by atoms with Crippen molar-refractivity contribution in [1.82, 2.24) is 9.88 Å². The Balaban J connectivity index is 1.51. The van der Waals surface area contributed by atoms with Crippen molar-refractivity contribution >= 4 is 22.6 Å². The van der Waals surface area contributed by atoms with E-state index in [4.69, 9.17) is 4.74 Å². The van der Waals surface area contributed by atoms with Crippen LogP contribution in [0.25, 0.3) is 10.9 Å². The van der Waals surface area contributed by atoms with Gasteiger partial charge < -0.3 is 15.0 Å². The number of fused-ring (bicyclic) bond motifs is 1. The molecule has 0 radical (unpaired) electrons. The van der Waals surface area contributed by atoms with Gasteiger partial charge in [-0.25, -0.2) is 4.79 Å². The van der Waals surface area contributed by atoms with Gasteiger partial charge >= 0.3 is 6.03 Å². The van der Waals surface area contributed by atoms with Crippen LogP contribution in [0.3, 0.4) is 0 Å². The number of nitrogens with zero attached hydrogens (tertiary/aromatic N) is 2. The van der Waals surface area contributed by atoms with Gasteiger partial charge in [0, 0.05) is 30.8 Å². The molecule has 1 aliphatic heterocycles. The summed E-state index contributed by atoms with van der Waals surface area (Å²) in [6, 6.07) is 9.86. The number of hydrogen-bond donors (Lipinski definition) is 1. The Labute approximate surface area is 154 Å². The summed E-state index contributed by atoms with van der Waals surface area (Å²) in [6.45, 7) is 4.31. The molecule has 2 fully saturated rings. The van der Waals surface area contributed by atoms with Crippen LogP contribution in [0.4, 0.5) is 10.5 Å². The van der Waals surface area contributed by atoms with Crippen molar-refractivity contribution in [3.05, 3.63) is 36.0 Å². The van der Waals surface area contributed by atoms with Crippen molar-refractivity contribution in [3.8, 4) is 0 Å². The molecule has 0 bridgehead atoms. The quantitative estimate of drug-likeness (QED) is 0.869. The maximum atomic E-state index is 13.0. The number of pyridine rings is 1. The number of hydrogen-bond acceptors (Lipinski definition) is 3.